The second-order valence-electron chi connectivity index (χ2n) is 4.88. The van der Waals surface area contributed by atoms with E-state index in [1.165, 1.54) is 6.07 Å². The summed E-state index contributed by atoms with van der Waals surface area (Å²) in [4.78, 5) is 0.0700. The third-order valence-electron chi connectivity index (χ3n) is 3.45. The average Bonchev–Trinajstić information content (AvgIpc) is 3.01. The van der Waals surface area contributed by atoms with Crippen molar-refractivity contribution in [1.82, 2.24) is 15.0 Å². The van der Waals surface area contributed by atoms with Crippen LogP contribution in [-0.4, -0.2) is 18.7 Å². The van der Waals surface area contributed by atoms with Crippen LogP contribution in [0.4, 0.5) is 0 Å². The quantitative estimate of drug-likeness (QED) is 0.782. The van der Waals surface area contributed by atoms with Crippen LogP contribution in [0.2, 0.25) is 0 Å². The Morgan fingerprint density at radius 1 is 1.09 bits per heavy atom. The van der Waals surface area contributed by atoms with Gasteiger partial charge in [-0.25, -0.2) is 17.8 Å². The van der Waals surface area contributed by atoms with Gasteiger partial charge in [-0.15, -0.1) is 0 Å². The Labute approximate surface area is 128 Å². The van der Waals surface area contributed by atoms with Gasteiger partial charge >= 0.3 is 0 Å². The standard InChI is InChI=1S/C15H15N3O3S/c1-2-12(11-7-4-3-5-8-11)18-22(19,20)14-10-6-9-13-15(14)17-21-16-13/h3-10,12,18H,2H2,1H3. The van der Waals surface area contributed by atoms with E-state index in [9.17, 15) is 8.42 Å². The van der Waals surface area contributed by atoms with Crippen LogP contribution in [0.1, 0.15) is 24.9 Å². The third kappa shape index (κ3) is 2.72. The van der Waals surface area contributed by atoms with Gasteiger partial charge in [-0.1, -0.05) is 43.3 Å². The number of hydrogen-bond acceptors (Lipinski definition) is 5. The summed E-state index contributed by atoms with van der Waals surface area (Å²) >= 11 is 0. The highest BCUT2D eigenvalue weighted by atomic mass is 32.2. The lowest BCUT2D eigenvalue weighted by Gasteiger charge is -2.17. The van der Waals surface area contributed by atoms with Crippen LogP contribution in [0.15, 0.2) is 58.1 Å². The maximum Gasteiger partial charge on any atom is 0.243 e. The second kappa shape index (κ2) is 5.86. The molecule has 3 rings (SSSR count). The normalized spacial score (nSPS) is 13.3. The lowest BCUT2D eigenvalue weighted by atomic mass is 10.1. The molecule has 7 heteroatoms. The lowest BCUT2D eigenvalue weighted by Crippen LogP contribution is -2.28. The number of nitrogens with one attached hydrogen (secondary N) is 1. The van der Waals surface area contributed by atoms with E-state index >= 15 is 0 Å². The molecule has 0 aliphatic carbocycles. The summed E-state index contributed by atoms with van der Waals surface area (Å²) in [6.07, 6.45) is 0.635. The number of aromatic nitrogens is 2. The SMILES string of the molecule is CCC(NS(=O)(=O)c1cccc2nonc12)c1ccccc1. The van der Waals surface area contributed by atoms with Crippen LogP contribution in [0.25, 0.3) is 11.0 Å². The van der Waals surface area contributed by atoms with Gasteiger partial charge in [0.05, 0.1) is 0 Å². The second-order valence-corrected chi connectivity index (χ2v) is 6.56. The summed E-state index contributed by atoms with van der Waals surface area (Å²) in [6.45, 7) is 1.93. The molecule has 22 heavy (non-hydrogen) atoms. The topological polar surface area (TPSA) is 85.1 Å². The summed E-state index contributed by atoms with van der Waals surface area (Å²) in [5, 5.41) is 7.36. The van der Waals surface area contributed by atoms with Crippen LogP contribution in [-0.2, 0) is 10.0 Å². The van der Waals surface area contributed by atoms with Gasteiger partial charge in [0.1, 0.15) is 10.4 Å². The minimum absolute atomic E-state index is 0.0700. The van der Waals surface area contributed by atoms with E-state index in [-0.39, 0.29) is 16.5 Å². The summed E-state index contributed by atoms with van der Waals surface area (Å²) in [7, 11) is -3.73. The van der Waals surface area contributed by atoms with Crippen molar-refractivity contribution in [2.45, 2.75) is 24.3 Å². The van der Waals surface area contributed by atoms with E-state index in [1.807, 2.05) is 37.3 Å². The van der Waals surface area contributed by atoms with Crippen LogP contribution in [0.5, 0.6) is 0 Å². The van der Waals surface area contributed by atoms with E-state index in [0.29, 0.717) is 11.9 Å². The van der Waals surface area contributed by atoms with Gasteiger partial charge in [0.15, 0.2) is 5.52 Å². The highest BCUT2D eigenvalue weighted by molar-refractivity contribution is 7.89. The minimum Gasteiger partial charge on any atom is -0.243 e. The van der Waals surface area contributed by atoms with E-state index in [1.54, 1.807) is 12.1 Å². The van der Waals surface area contributed by atoms with Gasteiger partial charge in [0.2, 0.25) is 10.0 Å². The molecule has 1 atom stereocenters. The highest BCUT2D eigenvalue weighted by Crippen LogP contribution is 2.23. The van der Waals surface area contributed by atoms with E-state index < -0.39 is 10.0 Å². The number of sulfonamides is 1. The smallest absolute Gasteiger partial charge is 0.243 e. The molecule has 1 unspecified atom stereocenters. The number of hydrogen-bond donors (Lipinski definition) is 1. The fourth-order valence-corrected chi connectivity index (χ4v) is 3.78. The molecule has 0 radical (unpaired) electrons. The molecule has 1 N–H and O–H groups in total. The molecule has 0 aliphatic rings. The summed E-state index contributed by atoms with van der Waals surface area (Å²) in [5.41, 5.74) is 1.56. The van der Waals surface area contributed by atoms with Crippen LogP contribution >= 0.6 is 0 Å². The number of fused-ring (bicyclic) bond motifs is 1. The van der Waals surface area contributed by atoms with Gasteiger partial charge in [-0.05, 0) is 34.4 Å². The first-order chi connectivity index (χ1) is 10.6. The van der Waals surface area contributed by atoms with Gasteiger partial charge in [0.25, 0.3) is 0 Å². The van der Waals surface area contributed by atoms with Crippen molar-refractivity contribution < 1.29 is 13.0 Å². The Hall–Kier alpha value is -2.25. The maximum absolute atomic E-state index is 12.7. The van der Waals surface area contributed by atoms with Crippen molar-refractivity contribution in [3.63, 3.8) is 0 Å². The van der Waals surface area contributed by atoms with Crippen LogP contribution in [0.3, 0.4) is 0 Å². The number of rotatable bonds is 5. The molecular formula is C15H15N3O3S. The fraction of sp³-hybridized carbons (Fsp3) is 0.200. The zero-order valence-electron chi connectivity index (χ0n) is 11.9. The first kappa shape index (κ1) is 14.7. The zero-order chi connectivity index (χ0) is 15.6. The van der Waals surface area contributed by atoms with Gasteiger partial charge in [-0.2, -0.15) is 0 Å². The Kier molecular flexibility index (Phi) is 3.91. The highest BCUT2D eigenvalue weighted by Gasteiger charge is 2.24. The maximum atomic E-state index is 12.7. The molecular weight excluding hydrogens is 302 g/mol. The molecule has 0 amide bonds. The molecule has 0 saturated carbocycles. The van der Waals surface area contributed by atoms with Crippen molar-refractivity contribution in [1.29, 1.82) is 0 Å². The predicted molar refractivity (Wildman–Crippen MR) is 81.6 cm³/mol. The van der Waals surface area contributed by atoms with Crippen molar-refractivity contribution in [2.75, 3.05) is 0 Å². The first-order valence-corrected chi connectivity index (χ1v) is 8.38. The van der Waals surface area contributed by atoms with Gasteiger partial charge in [-0.3, -0.25) is 0 Å². The molecule has 2 aromatic carbocycles. The predicted octanol–water partition coefficient (Wildman–Crippen LogP) is 2.65. The monoisotopic (exact) mass is 317 g/mol. The van der Waals surface area contributed by atoms with Gasteiger partial charge in [0, 0.05) is 6.04 Å². The van der Waals surface area contributed by atoms with Crippen LogP contribution < -0.4 is 4.72 Å². The molecule has 114 valence electrons. The molecule has 0 fully saturated rings. The van der Waals surface area contributed by atoms with Crippen LogP contribution in [0, 0.1) is 0 Å². The molecule has 1 heterocycles. The molecule has 0 aliphatic heterocycles. The van der Waals surface area contributed by atoms with E-state index in [0.717, 1.165) is 5.56 Å². The average molecular weight is 317 g/mol. The Bertz CT molecular complexity index is 875. The number of benzene rings is 2. The van der Waals surface area contributed by atoms with Crippen molar-refractivity contribution in [3.8, 4) is 0 Å². The Morgan fingerprint density at radius 2 is 1.86 bits per heavy atom. The largest absolute Gasteiger partial charge is 0.243 e. The van der Waals surface area contributed by atoms with Crippen molar-refractivity contribution in [2.24, 2.45) is 0 Å². The molecule has 1 aromatic heterocycles. The van der Waals surface area contributed by atoms with Crippen molar-refractivity contribution in [3.05, 3.63) is 54.1 Å². The molecule has 3 aromatic rings. The summed E-state index contributed by atoms with van der Waals surface area (Å²) < 4.78 is 32.7. The summed E-state index contributed by atoms with van der Waals surface area (Å²) in [5.74, 6) is 0. The zero-order valence-corrected chi connectivity index (χ0v) is 12.7. The first-order valence-electron chi connectivity index (χ1n) is 6.90. The Morgan fingerprint density at radius 3 is 2.59 bits per heavy atom. The van der Waals surface area contributed by atoms with E-state index in [2.05, 4.69) is 19.7 Å². The molecule has 0 saturated heterocycles. The molecule has 6 nitrogen and oxygen atoms in total. The van der Waals surface area contributed by atoms with Gasteiger partial charge < -0.3 is 0 Å². The lowest BCUT2D eigenvalue weighted by molar-refractivity contribution is 0.315. The molecule has 0 bridgehead atoms. The minimum atomic E-state index is -3.73. The van der Waals surface area contributed by atoms with Crippen molar-refractivity contribution >= 4 is 21.1 Å². The third-order valence-corrected chi connectivity index (χ3v) is 4.95. The summed E-state index contributed by atoms with van der Waals surface area (Å²) in [6, 6.07) is 13.9. The number of nitrogens with zero attached hydrogens (tertiary/aromatic N) is 2. The fourth-order valence-electron chi connectivity index (χ4n) is 2.32. The van der Waals surface area contributed by atoms with E-state index in [4.69, 9.17) is 0 Å². The Balaban J connectivity index is 1.98. The molecule has 0 spiro atoms.